The smallest absolute Gasteiger partial charge is 0.327 e. The van der Waals surface area contributed by atoms with Crippen LogP contribution in [0.2, 0.25) is 0 Å². The number of rotatable bonds is 3. The molecule has 3 aliphatic rings. The van der Waals surface area contributed by atoms with Gasteiger partial charge in [0.15, 0.2) is 0 Å². The van der Waals surface area contributed by atoms with Crippen molar-refractivity contribution >= 4 is 34.7 Å². The van der Waals surface area contributed by atoms with Crippen molar-refractivity contribution in [3.63, 3.8) is 0 Å². The van der Waals surface area contributed by atoms with E-state index in [4.69, 9.17) is 0 Å². The van der Waals surface area contributed by atoms with Crippen molar-refractivity contribution < 1.29 is 14.4 Å². The Kier molecular flexibility index (Phi) is 3.97. The molecule has 10 heteroatoms. The zero-order valence-corrected chi connectivity index (χ0v) is 16.3. The maximum absolute atomic E-state index is 12.9. The molecule has 2 saturated heterocycles. The van der Waals surface area contributed by atoms with Crippen LogP contribution in [-0.4, -0.2) is 93.8 Å². The third kappa shape index (κ3) is 3.08. The summed E-state index contributed by atoms with van der Waals surface area (Å²) in [5, 5.41) is 0.972. The number of imide groups is 1. The monoisotopic (exact) mass is 397 g/mol. The van der Waals surface area contributed by atoms with Gasteiger partial charge in [-0.05, 0) is 18.9 Å². The van der Waals surface area contributed by atoms with Gasteiger partial charge in [-0.3, -0.25) is 14.5 Å². The van der Waals surface area contributed by atoms with Gasteiger partial charge in [0.25, 0.3) is 5.91 Å². The molecule has 1 aliphatic carbocycles. The Morgan fingerprint density at radius 3 is 2.76 bits per heavy atom. The second-order valence-electron chi connectivity index (χ2n) is 8.29. The number of urea groups is 1. The van der Waals surface area contributed by atoms with E-state index in [9.17, 15) is 14.4 Å². The highest BCUT2D eigenvalue weighted by atomic mass is 16.2. The first-order valence-electron chi connectivity index (χ1n) is 9.82. The summed E-state index contributed by atoms with van der Waals surface area (Å²) in [5.41, 5.74) is 0.849. The average molecular weight is 397 g/mol. The Hall–Kier alpha value is -3.17. The second-order valence-corrected chi connectivity index (χ2v) is 8.29. The van der Waals surface area contributed by atoms with Crippen molar-refractivity contribution in [3.8, 4) is 0 Å². The van der Waals surface area contributed by atoms with Gasteiger partial charge in [0.2, 0.25) is 5.91 Å². The van der Waals surface area contributed by atoms with Crippen LogP contribution >= 0.6 is 0 Å². The van der Waals surface area contributed by atoms with Crippen LogP contribution in [0.4, 0.5) is 10.6 Å². The lowest BCUT2D eigenvalue weighted by atomic mass is 10.1. The van der Waals surface area contributed by atoms with Gasteiger partial charge in [0, 0.05) is 44.8 Å². The molecule has 29 heavy (non-hydrogen) atoms. The number of aromatic amines is 1. The maximum atomic E-state index is 12.9. The molecule has 0 bridgehead atoms. The molecule has 0 radical (unpaired) electrons. The fourth-order valence-electron chi connectivity index (χ4n) is 4.32. The van der Waals surface area contributed by atoms with Gasteiger partial charge in [-0.2, -0.15) is 0 Å². The molecule has 4 heterocycles. The van der Waals surface area contributed by atoms with E-state index in [0.29, 0.717) is 19.6 Å². The van der Waals surface area contributed by atoms with Crippen LogP contribution in [0, 0.1) is 5.41 Å². The molecule has 1 spiro atoms. The predicted molar refractivity (Wildman–Crippen MR) is 104 cm³/mol. The van der Waals surface area contributed by atoms with E-state index in [1.807, 2.05) is 12.3 Å². The number of amides is 4. The van der Waals surface area contributed by atoms with Gasteiger partial charge in [-0.1, -0.05) is 0 Å². The van der Waals surface area contributed by atoms with Gasteiger partial charge in [-0.25, -0.2) is 14.8 Å². The quantitative estimate of drug-likeness (QED) is 0.746. The van der Waals surface area contributed by atoms with Crippen molar-refractivity contribution in [2.45, 2.75) is 12.8 Å². The third-order valence-electron chi connectivity index (χ3n) is 6.16. The standard InChI is InChI=1S/C19H23N7O3/c1-23-8-15(28)26(18(23)29)9-14(27)24-6-7-25(11-19(10-24)3-4-19)17-13-2-5-20-16(13)21-12-22-17/h2,5,12H,3-4,6-11H2,1H3,(H,20,21,22). The van der Waals surface area contributed by atoms with E-state index in [2.05, 4.69) is 19.9 Å². The number of anilines is 1. The van der Waals surface area contributed by atoms with Crippen LogP contribution in [0.1, 0.15) is 12.8 Å². The summed E-state index contributed by atoms with van der Waals surface area (Å²) in [5.74, 6) is 0.382. The minimum Gasteiger partial charge on any atom is -0.354 e. The maximum Gasteiger partial charge on any atom is 0.327 e. The number of fused-ring (bicyclic) bond motifs is 1. The molecule has 1 N–H and O–H groups in total. The van der Waals surface area contributed by atoms with Crippen molar-refractivity contribution in [1.29, 1.82) is 0 Å². The number of aromatic nitrogens is 3. The van der Waals surface area contributed by atoms with E-state index < -0.39 is 6.03 Å². The number of nitrogens with zero attached hydrogens (tertiary/aromatic N) is 6. The summed E-state index contributed by atoms with van der Waals surface area (Å²) in [6.07, 6.45) is 5.52. The van der Waals surface area contributed by atoms with Crippen molar-refractivity contribution in [2.75, 3.05) is 51.2 Å². The van der Waals surface area contributed by atoms with E-state index in [0.717, 1.165) is 41.1 Å². The Morgan fingerprint density at radius 2 is 2.03 bits per heavy atom. The minimum absolute atomic E-state index is 0.0319. The van der Waals surface area contributed by atoms with E-state index in [-0.39, 0.29) is 30.3 Å². The number of likely N-dealkylation sites (N-methyl/N-ethyl adjacent to an activating group) is 1. The normalized spacial score (nSPS) is 21.4. The average Bonchev–Trinajstić information content (AvgIpc) is 3.27. The lowest BCUT2D eigenvalue weighted by molar-refractivity contribution is -0.136. The lowest BCUT2D eigenvalue weighted by Crippen LogP contribution is -2.45. The largest absolute Gasteiger partial charge is 0.354 e. The highest BCUT2D eigenvalue weighted by Crippen LogP contribution is 2.48. The van der Waals surface area contributed by atoms with E-state index in [1.165, 1.54) is 4.90 Å². The molecule has 2 aromatic heterocycles. The van der Waals surface area contributed by atoms with Crippen molar-refractivity contribution in [2.24, 2.45) is 5.41 Å². The van der Waals surface area contributed by atoms with Crippen LogP contribution in [0.5, 0.6) is 0 Å². The van der Waals surface area contributed by atoms with Crippen LogP contribution in [0.25, 0.3) is 11.0 Å². The number of hydrogen-bond donors (Lipinski definition) is 1. The summed E-state index contributed by atoms with van der Waals surface area (Å²) < 4.78 is 0. The molecule has 152 valence electrons. The zero-order chi connectivity index (χ0) is 20.2. The highest BCUT2D eigenvalue weighted by Gasteiger charge is 2.48. The molecule has 2 aromatic rings. The molecule has 3 fully saturated rings. The first-order valence-corrected chi connectivity index (χ1v) is 9.82. The Bertz CT molecular complexity index is 999. The number of carbonyl (C=O) groups is 3. The SMILES string of the molecule is CN1CC(=O)N(CC(=O)N2CCN(c3ncnc4[nH]ccc34)CC3(CC3)C2)C1=O. The lowest BCUT2D eigenvalue weighted by Gasteiger charge is -2.25. The molecule has 0 aromatic carbocycles. The third-order valence-corrected chi connectivity index (χ3v) is 6.16. The minimum atomic E-state index is -0.406. The van der Waals surface area contributed by atoms with E-state index >= 15 is 0 Å². The number of hydrogen-bond acceptors (Lipinski definition) is 6. The molecule has 5 rings (SSSR count). The number of H-pyrrole nitrogens is 1. The molecule has 4 amide bonds. The molecule has 0 unspecified atom stereocenters. The predicted octanol–water partition coefficient (Wildman–Crippen LogP) is 0.281. The fraction of sp³-hybridized carbons (Fsp3) is 0.526. The molecule has 10 nitrogen and oxygen atoms in total. The summed E-state index contributed by atoms with van der Waals surface area (Å²) in [7, 11) is 1.57. The second kappa shape index (κ2) is 6.43. The fourth-order valence-corrected chi connectivity index (χ4v) is 4.32. The summed E-state index contributed by atoms with van der Waals surface area (Å²) in [6.45, 7) is 2.50. The van der Waals surface area contributed by atoms with Gasteiger partial charge < -0.3 is 19.7 Å². The van der Waals surface area contributed by atoms with Crippen LogP contribution in [0.15, 0.2) is 18.6 Å². The molecule has 0 atom stereocenters. The molecule has 2 aliphatic heterocycles. The number of nitrogens with one attached hydrogen (secondary N) is 1. The Morgan fingerprint density at radius 1 is 1.21 bits per heavy atom. The Balaban J connectivity index is 1.34. The van der Waals surface area contributed by atoms with Gasteiger partial charge in [-0.15, -0.1) is 0 Å². The molecule has 1 saturated carbocycles. The molecular weight excluding hydrogens is 374 g/mol. The summed E-state index contributed by atoms with van der Waals surface area (Å²) >= 11 is 0. The van der Waals surface area contributed by atoms with Crippen molar-refractivity contribution in [1.82, 2.24) is 29.7 Å². The van der Waals surface area contributed by atoms with Crippen LogP contribution < -0.4 is 4.90 Å². The molecular formula is C19H23N7O3. The summed E-state index contributed by atoms with van der Waals surface area (Å²) in [6, 6.07) is 1.57. The van der Waals surface area contributed by atoms with Gasteiger partial charge >= 0.3 is 6.03 Å². The van der Waals surface area contributed by atoms with E-state index in [1.54, 1.807) is 18.3 Å². The van der Waals surface area contributed by atoms with Crippen LogP contribution in [-0.2, 0) is 9.59 Å². The van der Waals surface area contributed by atoms with Crippen molar-refractivity contribution in [3.05, 3.63) is 18.6 Å². The first kappa shape index (κ1) is 17.9. The topological polar surface area (TPSA) is 106 Å². The Labute approximate surface area is 167 Å². The zero-order valence-electron chi connectivity index (χ0n) is 16.3. The highest BCUT2D eigenvalue weighted by molar-refractivity contribution is 6.04. The first-order chi connectivity index (χ1) is 14.0. The van der Waals surface area contributed by atoms with Gasteiger partial charge in [0.1, 0.15) is 30.9 Å². The number of carbonyl (C=O) groups excluding carboxylic acids is 3. The summed E-state index contributed by atoms with van der Waals surface area (Å²) in [4.78, 5) is 55.4. The van der Waals surface area contributed by atoms with Gasteiger partial charge in [0.05, 0.1) is 5.39 Å². The van der Waals surface area contributed by atoms with Crippen LogP contribution in [0.3, 0.4) is 0 Å².